The van der Waals surface area contributed by atoms with Gasteiger partial charge in [-0.05, 0) is 19.1 Å². The van der Waals surface area contributed by atoms with Gasteiger partial charge in [0.1, 0.15) is 14.0 Å². The third-order valence-corrected chi connectivity index (χ3v) is 5.64. The highest BCUT2D eigenvalue weighted by atomic mass is 32.2. The molecule has 0 aliphatic carbocycles. The Morgan fingerprint density at radius 1 is 1.25 bits per heavy atom. The van der Waals surface area contributed by atoms with Crippen molar-refractivity contribution in [1.82, 2.24) is 4.72 Å². The maximum atomic E-state index is 11.6. The Bertz CT molecular complexity index is 556. The Hall–Kier alpha value is -0.440. The molecule has 1 N–H and O–H groups in total. The summed E-state index contributed by atoms with van der Waals surface area (Å²) in [5, 5.41) is 0. The largest absolute Gasteiger partial charge is 0.250 e. The van der Waals surface area contributed by atoms with Crippen molar-refractivity contribution in [3.63, 3.8) is 0 Å². The van der Waals surface area contributed by atoms with Crippen LogP contribution in [0.15, 0.2) is 16.3 Å². The molecular weight excluding hydrogens is 270 g/mol. The van der Waals surface area contributed by atoms with Crippen molar-refractivity contribution < 1.29 is 16.8 Å². The average molecular weight is 283 g/mol. The molecule has 1 heterocycles. The smallest absolute Gasteiger partial charge is 0.229 e. The first-order valence-corrected chi connectivity index (χ1v) is 8.80. The van der Waals surface area contributed by atoms with Gasteiger partial charge in [-0.1, -0.05) is 0 Å². The molecule has 0 atom stereocenters. The van der Waals surface area contributed by atoms with Crippen molar-refractivity contribution in [3.8, 4) is 0 Å². The molecule has 0 fully saturated rings. The number of rotatable bonds is 5. The van der Waals surface area contributed by atoms with Crippen LogP contribution in [-0.4, -0.2) is 35.4 Å². The van der Waals surface area contributed by atoms with Crippen molar-refractivity contribution in [2.24, 2.45) is 0 Å². The molecule has 0 bridgehead atoms. The van der Waals surface area contributed by atoms with Gasteiger partial charge in [-0.15, -0.1) is 11.3 Å². The predicted molar refractivity (Wildman–Crippen MR) is 64.0 cm³/mol. The first-order valence-electron chi connectivity index (χ1n) is 4.44. The van der Waals surface area contributed by atoms with E-state index in [0.29, 0.717) is 0 Å². The van der Waals surface area contributed by atoms with Crippen molar-refractivity contribution in [2.45, 2.75) is 11.1 Å². The highest BCUT2D eigenvalue weighted by Crippen LogP contribution is 2.19. The number of sulfone groups is 1. The SMILES string of the molecule is Cc1ccc(S(=O)(=O)NCCS(C)(=O)=O)s1. The minimum absolute atomic E-state index is 0.0991. The van der Waals surface area contributed by atoms with Crippen LogP contribution in [0.5, 0.6) is 0 Å². The number of aryl methyl sites for hydroxylation is 1. The zero-order chi connectivity index (χ0) is 12.4. The van der Waals surface area contributed by atoms with E-state index in [4.69, 9.17) is 0 Å². The fourth-order valence-electron chi connectivity index (χ4n) is 0.989. The molecule has 1 aromatic rings. The summed E-state index contributed by atoms with van der Waals surface area (Å²) in [5.41, 5.74) is 0. The van der Waals surface area contributed by atoms with Gasteiger partial charge >= 0.3 is 0 Å². The third kappa shape index (κ3) is 4.20. The molecule has 0 saturated heterocycles. The molecule has 0 unspecified atom stereocenters. The second-order valence-corrected chi connectivity index (χ2v) is 8.93. The van der Waals surface area contributed by atoms with E-state index < -0.39 is 19.9 Å². The lowest BCUT2D eigenvalue weighted by Crippen LogP contribution is -2.28. The summed E-state index contributed by atoms with van der Waals surface area (Å²) in [6, 6.07) is 3.21. The zero-order valence-corrected chi connectivity index (χ0v) is 11.4. The van der Waals surface area contributed by atoms with Gasteiger partial charge in [0.15, 0.2) is 0 Å². The van der Waals surface area contributed by atoms with Crippen LogP contribution in [0.2, 0.25) is 0 Å². The van der Waals surface area contributed by atoms with Gasteiger partial charge in [-0.3, -0.25) is 0 Å². The molecule has 0 radical (unpaired) electrons. The molecule has 0 aliphatic heterocycles. The van der Waals surface area contributed by atoms with E-state index in [9.17, 15) is 16.8 Å². The zero-order valence-electron chi connectivity index (χ0n) is 8.93. The van der Waals surface area contributed by atoms with E-state index >= 15 is 0 Å². The minimum Gasteiger partial charge on any atom is -0.229 e. The second-order valence-electron chi connectivity index (χ2n) is 3.39. The van der Waals surface area contributed by atoms with Crippen LogP contribution >= 0.6 is 11.3 Å². The standard InChI is InChI=1S/C8H13NO4S3/c1-7-3-4-8(14-7)16(12,13)9-5-6-15(2,10)11/h3-4,9H,5-6H2,1-2H3. The number of hydrogen-bond acceptors (Lipinski definition) is 5. The van der Waals surface area contributed by atoms with Gasteiger partial charge in [0, 0.05) is 17.7 Å². The highest BCUT2D eigenvalue weighted by Gasteiger charge is 2.16. The van der Waals surface area contributed by atoms with Crippen molar-refractivity contribution in [3.05, 3.63) is 17.0 Å². The molecule has 92 valence electrons. The molecule has 0 saturated carbocycles. The molecule has 8 heteroatoms. The van der Waals surface area contributed by atoms with Gasteiger partial charge < -0.3 is 0 Å². The van der Waals surface area contributed by atoms with Crippen LogP contribution < -0.4 is 4.72 Å². The van der Waals surface area contributed by atoms with Crippen LogP contribution in [0.1, 0.15) is 4.88 Å². The molecule has 1 rings (SSSR count). The fourth-order valence-corrected chi connectivity index (χ4v) is 3.95. The number of thiophene rings is 1. The molecule has 0 amide bonds. The molecule has 0 aromatic carbocycles. The average Bonchev–Trinajstić information content (AvgIpc) is 2.49. The normalized spacial score (nSPS) is 12.9. The number of hydrogen-bond donors (Lipinski definition) is 1. The predicted octanol–water partition coefficient (Wildman–Crippen LogP) is 0.379. The molecular formula is C8H13NO4S3. The van der Waals surface area contributed by atoms with Gasteiger partial charge in [-0.25, -0.2) is 21.6 Å². The monoisotopic (exact) mass is 283 g/mol. The highest BCUT2D eigenvalue weighted by molar-refractivity contribution is 7.92. The maximum Gasteiger partial charge on any atom is 0.250 e. The van der Waals surface area contributed by atoms with Gasteiger partial charge in [-0.2, -0.15) is 0 Å². The van der Waals surface area contributed by atoms with Crippen LogP contribution in [0.3, 0.4) is 0 Å². The first-order chi connectivity index (χ1) is 7.21. The van der Waals surface area contributed by atoms with E-state index in [2.05, 4.69) is 4.72 Å². The summed E-state index contributed by atoms with van der Waals surface area (Å²) in [6.07, 6.45) is 1.07. The third-order valence-electron chi connectivity index (χ3n) is 1.75. The van der Waals surface area contributed by atoms with E-state index in [0.717, 1.165) is 22.5 Å². The van der Waals surface area contributed by atoms with E-state index in [-0.39, 0.29) is 16.5 Å². The number of sulfonamides is 1. The van der Waals surface area contributed by atoms with Crippen LogP contribution in [0, 0.1) is 6.92 Å². The summed E-state index contributed by atoms with van der Waals surface area (Å²) in [7, 11) is -6.70. The summed E-state index contributed by atoms with van der Waals surface area (Å²) >= 11 is 1.15. The topological polar surface area (TPSA) is 80.3 Å². The van der Waals surface area contributed by atoms with Crippen LogP contribution in [0.4, 0.5) is 0 Å². The van der Waals surface area contributed by atoms with Crippen LogP contribution in [-0.2, 0) is 19.9 Å². The van der Waals surface area contributed by atoms with Crippen molar-refractivity contribution >= 4 is 31.2 Å². The summed E-state index contributed by atoms with van der Waals surface area (Å²) < 4.78 is 47.4. The quantitative estimate of drug-likeness (QED) is 0.847. The summed E-state index contributed by atoms with van der Waals surface area (Å²) in [6.45, 7) is 1.71. The first kappa shape index (κ1) is 13.6. The minimum atomic E-state index is -3.56. The van der Waals surface area contributed by atoms with Gasteiger partial charge in [0.05, 0.1) is 5.75 Å². The number of nitrogens with one attached hydrogen (secondary N) is 1. The molecule has 5 nitrogen and oxygen atoms in total. The molecule has 1 aromatic heterocycles. The Morgan fingerprint density at radius 2 is 1.88 bits per heavy atom. The Balaban J connectivity index is 2.67. The van der Waals surface area contributed by atoms with Crippen LogP contribution in [0.25, 0.3) is 0 Å². The van der Waals surface area contributed by atoms with E-state index in [1.165, 1.54) is 6.07 Å². The summed E-state index contributed by atoms with van der Waals surface area (Å²) in [4.78, 5) is 0.892. The van der Waals surface area contributed by atoms with Gasteiger partial charge in [0.2, 0.25) is 10.0 Å². The molecule has 0 aliphatic rings. The lowest BCUT2D eigenvalue weighted by atomic mass is 10.5. The van der Waals surface area contributed by atoms with E-state index in [1.807, 2.05) is 0 Å². The van der Waals surface area contributed by atoms with Crippen molar-refractivity contribution in [1.29, 1.82) is 0 Å². The lowest BCUT2D eigenvalue weighted by molar-refractivity contribution is 0.584. The molecule has 16 heavy (non-hydrogen) atoms. The Kier molecular flexibility index (Phi) is 4.11. The Morgan fingerprint density at radius 3 is 2.31 bits per heavy atom. The summed E-state index contributed by atoms with van der Waals surface area (Å²) in [5.74, 6) is -0.198. The second kappa shape index (κ2) is 4.82. The lowest BCUT2D eigenvalue weighted by Gasteiger charge is -2.03. The Labute approximate surface area is 99.5 Å². The maximum absolute atomic E-state index is 11.6. The van der Waals surface area contributed by atoms with Gasteiger partial charge in [0.25, 0.3) is 0 Å². The van der Waals surface area contributed by atoms with Crippen molar-refractivity contribution in [2.75, 3.05) is 18.6 Å². The van der Waals surface area contributed by atoms with E-state index in [1.54, 1.807) is 13.0 Å². The molecule has 0 spiro atoms. The fraction of sp³-hybridized carbons (Fsp3) is 0.500.